The van der Waals surface area contributed by atoms with Gasteiger partial charge in [0.25, 0.3) is 10.1 Å². The van der Waals surface area contributed by atoms with Crippen LogP contribution in [0.15, 0.2) is 33.7 Å². The lowest BCUT2D eigenvalue weighted by atomic mass is 10.2. The standard InChI is InChI=1S/C9H10BrNO3S/c10-9-4-2-1-3-8(9)7-11-5-6-15(12,13)14/h1-4,7H,5-6H2,(H,12,13,14). The molecule has 0 bridgehead atoms. The predicted octanol–water partition coefficient (Wildman–Crippen LogP) is 1.76. The Bertz CT molecular complexity index is 456. The van der Waals surface area contributed by atoms with Crippen LogP contribution in [0.2, 0.25) is 0 Å². The summed E-state index contributed by atoms with van der Waals surface area (Å²) in [6.45, 7) is 0.0557. The van der Waals surface area contributed by atoms with Crippen molar-refractivity contribution >= 4 is 32.3 Å². The lowest BCUT2D eigenvalue weighted by Crippen LogP contribution is -2.06. The van der Waals surface area contributed by atoms with Crippen LogP contribution in [0.4, 0.5) is 0 Å². The summed E-state index contributed by atoms with van der Waals surface area (Å²) in [5.41, 5.74) is 0.868. The Kier molecular flexibility index (Phi) is 4.44. The maximum absolute atomic E-state index is 10.4. The highest BCUT2D eigenvalue weighted by molar-refractivity contribution is 9.10. The first-order valence-electron chi connectivity index (χ1n) is 4.18. The molecule has 0 radical (unpaired) electrons. The van der Waals surface area contributed by atoms with E-state index in [1.165, 1.54) is 0 Å². The van der Waals surface area contributed by atoms with Crippen LogP contribution in [-0.4, -0.2) is 31.5 Å². The van der Waals surface area contributed by atoms with Gasteiger partial charge in [0.2, 0.25) is 0 Å². The molecule has 0 unspecified atom stereocenters. The van der Waals surface area contributed by atoms with Gasteiger partial charge < -0.3 is 0 Å². The van der Waals surface area contributed by atoms with Crippen molar-refractivity contribution in [2.24, 2.45) is 4.99 Å². The van der Waals surface area contributed by atoms with Crippen molar-refractivity contribution < 1.29 is 13.0 Å². The summed E-state index contributed by atoms with van der Waals surface area (Å²) in [4.78, 5) is 3.89. The van der Waals surface area contributed by atoms with Gasteiger partial charge in [-0.1, -0.05) is 34.1 Å². The second-order valence-electron chi connectivity index (χ2n) is 2.84. The van der Waals surface area contributed by atoms with Crippen molar-refractivity contribution in [3.63, 3.8) is 0 Å². The number of benzene rings is 1. The Morgan fingerprint density at radius 3 is 2.67 bits per heavy atom. The molecule has 0 heterocycles. The molecule has 0 fully saturated rings. The zero-order chi connectivity index (χ0) is 11.3. The van der Waals surface area contributed by atoms with E-state index < -0.39 is 10.1 Å². The number of nitrogens with zero attached hydrogens (tertiary/aromatic N) is 1. The summed E-state index contributed by atoms with van der Waals surface area (Å²) in [7, 11) is -3.91. The van der Waals surface area contributed by atoms with E-state index in [1.54, 1.807) is 6.21 Å². The summed E-state index contributed by atoms with van der Waals surface area (Å²) in [6, 6.07) is 7.44. The molecule has 0 aliphatic rings. The van der Waals surface area contributed by atoms with Crippen molar-refractivity contribution in [2.45, 2.75) is 0 Å². The maximum atomic E-state index is 10.4. The molecule has 0 amide bonds. The Hall–Kier alpha value is -0.720. The number of rotatable bonds is 4. The van der Waals surface area contributed by atoms with Crippen molar-refractivity contribution in [2.75, 3.05) is 12.3 Å². The molecule has 1 aromatic carbocycles. The lowest BCUT2D eigenvalue weighted by Gasteiger charge is -1.96. The SMILES string of the molecule is O=S(=O)(O)CCN=Cc1ccccc1Br. The molecule has 0 saturated heterocycles. The third-order valence-electron chi connectivity index (χ3n) is 1.61. The molecule has 4 nitrogen and oxygen atoms in total. The molecule has 0 spiro atoms. The third-order valence-corrected chi connectivity index (χ3v) is 3.03. The van der Waals surface area contributed by atoms with E-state index in [0.717, 1.165) is 10.0 Å². The monoisotopic (exact) mass is 291 g/mol. The molecular weight excluding hydrogens is 282 g/mol. The molecule has 0 aliphatic carbocycles. The van der Waals surface area contributed by atoms with Crippen LogP contribution in [0.5, 0.6) is 0 Å². The predicted molar refractivity (Wildman–Crippen MR) is 63.0 cm³/mol. The van der Waals surface area contributed by atoms with Crippen molar-refractivity contribution in [1.82, 2.24) is 0 Å². The van der Waals surface area contributed by atoms with Crippen LogP contribution in [0.25, 0.3) is 0 Å². The van der Waals surface area contributed by atoms with Gasteiger partial charge >= 0.3 is 0 Å². The normalized spacial score (nSPS) is 12.1. The quantitative estimate of drug-likeness (QED) is 0.679. The van der Waals surface area contributed by atoms with Gasteiger partial charge in [-0.3, -0.25) is 9.55 Å². The van der Waals surface area contributed by atoms with E-state index in [-0.39, 0.29) is 12.3 Å². The molecule has 0 aromatic heterocycles. The highest BCUT2D eigenvalue weighted by atomic mass is 79.9. The van der Waals surface area contributed by atoms with Gasteiger partial charge in [-0.2, -0.15) is 8.42 Å². The van der Waals surface area contributed by atoms with Crippen LogP contribution in [0.1, 0.15) is 5.56 Å². The Morgan fingerprint density at radius 1 is 1.40 bits per heavy atom. The minimum Gasteiger partial charge on any atom is -0.291 e. The first-order valence-corrected chi connectivity index (χ1v) is 6.59. The van der Waals surface area contributed by atoms with Gasteiger partial charge in [-0.15, -0.1) is 0 Å². The molecule has 0 saturated carbocycles. The number of hydrogen-bond donors (Lipinski definition) is 1. The summed E-state index contributed by atoms with van der Waals surface area (Å²) >= 11 is 3.33. The fourth-order valence-corrected chi connectivity index (χ4v) is 1.63. The zero-order valence-electron chi connectivity index (χ0n) is 7.80. The number of halogens is 1. The summed E-state index contributed by atoms with van der Waals surface area (Å²) in [5, 5.41) is 0. The molecule has 6 heteroatoms. The van der Waals surface area contributed by atoms with E-state index in [2.05, 4.69) is 20.9 Å². The molecule has 0 atom stereocenters. The van der Waals surface area contributed by atoms with Gasteiger partial charge in [0.15, 0.2) is 0 Å². The minimum absolute atomic E-state index is 0.0557. The molecule has 1 rings (SSSR count). The smallest absolute Gasteiger partial charge is 0.266 e. The molecule has 1 aromatic rings. The number of hydrogen-bond acceptors (Lipinski definition) is 3. The molecule has 1 N–H and O–H groups in total. The lowest BCUT2D eigenvalue weighted by molar-refractivity contribution is 0.483. The fourth-order valence-electron chi connectivity index (χ4n) is 0.911. The van der Waals surface area contributed by atoms with E-state index in [9.17, 15) is 8.42 Å². The molecule has 82 valence electrons. The van der Waals surface area contributed by atoms with Crippen LogP contribution in [0.3, 0.4) is 0 Å². The third kappa shape index (κ3) is 5.06. The molecular formula is C9H10BrNO3S. The Balaban J connectivity index is 2.56. The summed E-state index contributed by atoms with van der Waals surface area (Å²) < 4.78 is 30.1. The summed E-state index contributed by atoms with van der Waals surface area (Å²) in [6.07, 6.45) is 1.56. The zero-order valence-corrected chi connectivity index (χ0v) is 10.2. The van der Waals surface area contributed by atoms with Crippen molar-refractivity contribution in [1.29, 1.82) is 0 Å². The van der Waals surface area contributed by atoms with Crippen LogP contribution in [-0.2, 0) is 10.1 Å². The van der Waals surface area contributed by atoms with Gasteiger partial charge in [0.05, 0.1) is 12.3 Å². The van der Waals surface area contributed by atoms with Crippen LogP contribution in [0, 0.1) is 0 Å². The highest BCUT2D eigenvalue weighted by Gasteiger charge is 2.01. The van der Waals surface area contributed by atoms with Crippen LogP contribution >= 0.6 is 15.9 Å². The van der Waals surface area contributed by atoms with E-state index in [0.29, 0.717) is 0 Å². The second kappa shape index (κ2) is 5.39. The highest BCUT2D eigenvalue weighted by Crippen LogP contribution is 2.13. The second-order valence-corrected chi connectivity index (χ2v) is 5.27. The average molecular weight is 292 g/mol. The van der Waals surface area contributed by atoms with Gasteiger partial charge in [0, 0.05) is 16.3 Å². The first-order chi connectivity index (χ1) is 6.99. The van der Waals surface area contributed by atoms with Gasteiger partial charge in [0.1, 0.15) is 0 Å². The van der Waals surface area contributed by atoms with Gasteiger partial charge in [-0.25, -0.2) is 0 Å². The fraction of sp³-hybridized carbons (Fsp3) is 0.222. The summed E-state index contributed by atoms with van der Waals surface area (Å²) in [5.74, 6) is -0.353. The van der Waals surface area contributed by atoms with E-state index in [1.807, 2.05) is 24.3 Å². The maximum Gasteiger partial charge on any atom is 0.266 e. The Labute approximate surface area is 96.9 Å². The molecule has 0 aliphatic heterocycles. The molecule has 15 heavy (non-hydrogen) atoms. The minimum atomic E-state index is -3.91. The van der Waals surface area contributed by atoms with Crippen LogP contribution < -0.4 is 0 Å². The van der Waals surface area contributed by atoms with Gasteiger partial charge in [-0.05, 0) is 6.07 Å². The van der Waals surface area contributed by atoms with Crippen molar-refractivity contribution in [3.8, 4) is 0 Å². The first kappa shape index (κ1) is 12.4. The number of aliphatic imine (C=N–C) groups is 1. The largest absolute Gasteiger partial charge is 0.291 e. The van der Waals surface area contributed by atoms with E-state index in [4.69, 9.17) is 4.55 Å². The van der Waals surface area contributed by atoms with E-state index >= 15 is 0 Å². The van der Waals surface area contributed by atoms with Crippen molar-refractivity contribution in [3.05, 3.63) is 34.3 Å². The topological polar surface area (TPSA) is 66.7 Å². The average Bonchev–Trinajstić information content (AvgIpc) is 2.13. The Morgan fingerprint density at radius 2 is 2.07 bits per heavy atom.